The molecule has 0 saturated heterocycles. The van der Waals surface area contributed by atoms with Crippen molar-refractivity contribution >= 4 is 21.8 Å². The average molecular weight is 214 g/mol. The number of hydrogen-bond donors (Lipinski definition) is 1. The smallest absolute Gasteiger partial charge is 0.225 e. The lowest BCUT2D eigenvalue weighted by Gasteiger charge is -1.98. The third kappa shape index (κ3) is 2.73. The van der Waals surface area contributed by atoms with Gasteiger partial charge in [0.05, 0.1) is 4.90 Å². The number of nitriles is 1. The highest BCUT2D eigenvalue weighted by Crippen LogP contribution is 2.19. The lowest BCUT2D eigenvalue weighted by molar-refractivity contribution is 0.597. The minimum Gasteiger partial charge on any atom is -0.225 e. The summed E-state index contributed by atoms with van der Waals surface area (Å²) in [5, 5.41) is 15.1. The van der Waals surface area contributed by atoms with E-state index in [0.29, 0.717) is 4.90 Å². The van der Waals surface area contributed by atoms with Crippen LogP contribution in [-0.2, 0) is 10.0 Å². The molecule has 13 heavy (non-hydrogen) atoms. The topological polar surface area (TPSA) is 83.9 Å². The minimum atomic E-state index is -3.67. The zero-order valence-corrected chi connectivity index (χ0v) is 8.10. The SMILES string of the molecule is N#CSc1cccc(S(N)(=O)=O)c1. The second-order valence-corrected chi connectivity index (χ2v) is 4.63. The van der Waals surface area contributed by atoms with Crippen LogP contribution < -0.4 is 5.14 Å². The van der Waals surface area contributed by atoms with Gasteiger partial charge in [0.15, 0.2) is 0 Å². The largest absolute Gasteiger partial charge is 0.238 e. The Morgan fingerprint density at radius 3 is 2.69 bits per heavy atom. The maximum Gasteiger partial charge on any atom is 0.238 e. The van der Waals surface area contributed by atoms with E-state index < -0.39 is 10.0 Å². The number of hydrogen-bond acceptors (Lipinski definition) is 4. The molecule has 0 aliphatic rings. The number of nitrogens with two attached hydrogens (primary N) is 1. The molecular formula is C7H6N2O2S2. The molecule has 0 radical (unpaired) electrons. The minimum absolute atomic E-state index is 0.0211. The predicted molar refractivity (Wildman–Crippen MR) is 49.3 cm³/mol. The van der Waals surface area contributed by atoms with Crippen LogP contribution in [0, 0.1) is 10.7 Å². The summed E-state index contributed by atoms with van der Waals surface area (Å²) in [6.45, 7) is 0. The molecule has 0 amide bonds. The Morgan fingerprint density at radius 2 is 2.15 bits per heavy atom. The summed E-state index contributed by atoms with van der Waals surface area (Å²) in [6, 6.07) is 5.93. The van der Waals surface area contributed by atoms with Crippen LogP contribution >= 0.6 is 11.8 Å². The van der Waals surface area contributed by atoms with Crippen LogP contribution in [0.25, 0.3) is 0 Å². The first-order chi connectivity index (χ1) is 6.04. The number of rotatable bonds is 2. The Morgan fingerprint density at radius 1 is 1.46 bits per heavy atom. The Kier molecular flexibility index (Phi) is 2.93. The molecule has 0 heterocycles. The van der Waals surface area contributed by atoms with Crippen molar-refractivity contribution < 1.29 is 8.42 Å². The van der Waals surface area contributed by atoms with Gasteiger partial charge in [-0.05, 0) is 30.0 Å². The molecule has 1 aromatic carbocycles. The van der Waals surface area contributed by atoms with Gasteiger partial charge in [-0.3, -0.25) is 0 Å². The summed E-state index contributed by atoms with van der Waals surface area (Å²) in [7, 11) is -3.67. The van der Waals surface area contributed by atoms with Gasteiger partial charge in [-0.15, -0.1) is 0 Å². The summed E-state index contributed by atoms with van der Waals surface area (Å²) in [4.78, 5) is 0.585. The number of benzene rings is 1. The molecule has 0 fully saturated rings. The summed E-state index contributed by atoms with van der Waals surface area (Å²) in [5.41, 5.74) is 0. The van der Waals surface area contributed by atoms with Crippen molar-refractivity contribution in [2.45, 2.75) is 9.79 Å². The van der Waals surface area contributed by atoms with Crippen molar-refractivity contribution in [3.8, 4) is 5.40 Å². The second-order valence-electron chi connectivity index (χ2n) is 2.21. The molecule has 6 heteroatoms. The second kappa shape index (κ2) is 3.79. The zero-order valence-electron chi connectivity index (χ0n) is 6.47. The monoisotopic (exact) mass is 214 g/mol. The molecule has 0 spiro atoms. The normalized spacial score (nSPS) is 10.8. The Bertz CT molecular complexity index is 448. The molecule has 0 aromatic heterocycles. The van der Waals surface area contributed by atoms with Crippen LogP contribution in [0.3, 0.4) is 0 Å². The quantitative estimate of drug-likeness (QED) is 0.585. The van der Waals surface area contributed by atoms with Gasteiger partial charge in [0.25, 0.3) is 0 Å². The van der Waals surface area contributed by atoms with Gasteiger partial charge in [0.1, 0.15) is 5.40 Å². The molecule has 0 aliphatic heterocycles. The van der Waals surface area contributed by atoms with Crippen molar-refractivity contribution in [3.05, 3.63) is 24.3 Å². The standard InChI is InChI=1S/C7H6N2O2S2/c8-5-12-6-2-1-3-7(4-6)13(9,10)11/h1-4H,(H2,9,10,11). The maximum atomic E-state index is 10.9. The van der Waals surface area contributed by atoms with Crippen LogP contribution in [0.4, 0.5) is 0 Å². The van der Waals surface area contributed by atoms with Crippen molar-refractivity contribution in [2.24, 2.45) is 5.14 Å². The predicted octanol–water partition coefficient (Wildman–Crippen LogP) is 0.907. The van der Waals surface area contributed by atoms with E-state index in [9.17, 15) is 8.42 Å². The van der Waals surface area contributed by atoms with Crippen LogP contribution in [0.2, 0.25) is 0 Å². The van der Waals surface area contributed by atoms with Gasteiger partial charge in [0.2, 0.25) is 10.0 Å². The van der Waals surface area contributed by atoms with Gasteiger partial charge in [-0.2, -0.15) is 5.26 Å². The third-order valence-corrected chi connectivity index (χ3v) is 2.79. The Labute approximate surface area is 80.4 Å². The maximum absolute atomic E-state index is 10.9. The lowest BCUT2D eigenvalue weighted by Crippen LogP contribution is -2.11. The lowest BCUT2D eigenvalue weighted by atomic mass is 10.4. The van der Waals surface area contributed by atoms with Crippen molar-refractivity contribution in [3.63, 3.8) is 0 Å². The molecule has 2 N–H and O–H groups in total. The molecular weight excluding hydrogens is 208 g/mol. The molecule has 1 aromatic rings. The van der Waals surface area contributed by atoms with Crippen molar-refractivity contribution in [1.82, 2.24) is 0 Å². The van der Waals surface area contributed by atoms with Gasteiger partial charge in [-0.25, -0.2) is 13.6 Å². The van der Waals surface area contributed by atoms with Gasteiger partial charge < -0.3 is 0 Å². The number of primary sulfonamides is 1. The molecule has 0 bridgehead atoms. The van der Waals surface area contributed by atoms with Crippen LogP contribution in [-0.4, -0.2) is 8.42 Å². The van der Waals surface area contributed by atoms with E-state index in [-0.39, 0.29) is 4.90 Å². The van der Waals surface area contributed by atoms with Crippen LogP contribution in [0.1, 0.15) is 0 Å². The van der Waals surface area contributed by atoms with E-state index in [4.69, 9.17) is 10.4 Å². The number of sulfonamides is 1. The number of thiocyanates is 1. The first kappa shape index (κ1) is 10.1. The van der Waals surface area contributed by atoms with Crippen molar-refractivity contribution in [2.75, 3.05) is 0 Å². The summed E-state index contributed by atoms with van der Waals surface area (Å²) in [6.07, 6.45) is 0. The van der Waals surface area contributed by atoms with E-state index in [1.54, 1.807) is 12.1 Å². The van der Waals surface area contributed by atoms with E-state index in [1.807, 2.05) is 5.40 Å². The van der Waals surface area contributed by atoms with E-state index in [1.165, 1.54) is 12.1 Å². The van der Waals surface area contributed by atoms with E-state index in [2.05, 4.69) is 0 Å². The van der Waals surface area contributed by atoms with Crippen LogP contribution in [0.5, 0.6) is 0 Å². The van der Waals surface area contributed by atoms with E-state index >= 15 is 0 Å². The highest BCUT2D eigenvalue weighted by atomic mass is 32.2. The molecule has 0 saturated carbocycles. The van der Waals surface area contributed by atoms with Crippen molar-refractivity contribution in [1.29, 1.82) is 5.26 Å². The highest BCUT2D eigenvalue weighted by Gasteiger charge is 2.07. The first-order valence-electron chi connectivity index (χ1n) is 3.23. The van der Waals surface area contributed by atoms with Gasteiger partial charge in [-0.1, -0.05) is 6.07 Å². The highest BCUT2D eigenvalue weighted by molar-refractivity contribution is 8.03. The fraction of sp³-hybridized carbons (Fsp3) is 0. The van der Waals surface area contributed by atoms with Gasteiger partial charge in [0, 0.05) is 4.90 Å². The molecule has 68 valence electrons. The first-order valence-corrected chi connectivity index (χ1v) is 5.59. The van der Waals surface area contributed by atoms with Gasteiger partial charge >= 0.3 is 0 Å². The summed E-state index contributed by atoms with van der Waals surface area (Å²) in [5.74, 6) is 0. The molecule has 0 atom stereocenters. The molecule has 0 aliphatic carbocycles. The zero-order chi connectivity index (χ0) is 9.90. The molecule has 0 unspecified atom stereocenters. The Hall–Kier alpha value is -1.03. The molecule has 1 rings (SSSR count). The average Bonchev–Trinajstić information content (AvgIpc) is 2.04. The number of nitrogens with zero attached hydrogens (tertiary/aromatic N) is 1. The van der Waals surface area contributed by atoms with E-state index in [0.717, 1.165) is 11.8 Å². The summed E-state index contributed by atoms with van der Waals surface area (Å²) < 4.78 is 21.7. The van der Waals surface area contributed by atoms with Crippen LogP contribution in [0.15, 0.2) is 34.1 Å². The third-order valence-electron chi connectivity index (χ3n) is 1.30. The fourth-order valence-electron chi connectivity index (χ4n) is 0.767. The summed E-state index contributed by atoms with van der Waals surface area (Å²) >= 11 is 0.891. The Balaban J connectivity index is 3.15. The number of thioether (sulfide) groups is 1. The molecule has 4 nitrogen and oxygen atoms in total. The fourth-order valence-corrected chi connectivity index (χ4v) is 1.84.